The van der Waals surface area contributed by atoms with E-state index in [4.69, 9.17) is 4.74 Å². The number of carbonyl (C=O) groups is 1. The third-order valence-electron chi connectivity index (χ3n) is 6.13. The molecular formula is C28H24N2O3. The van der Waals surface area contributed by atoms with Crippen molar-refractivity contribution in [3.63, 3.8) is 0 Å². The van der Waals surface area contributed by atoms with Crippen molar-refractivity contribution in [3.05, 3.63) is 119 Å². The molecule has 0 fully saturated rings. The summed E-state index contributed by atoms with van der Waals surface area (Å²) >= 11 is 0. The van der Waals surface area contributed by atoms with E-state index < -0.39 is 12.2 Å². The van der Waals surface area contributed by atoms with E-state index in [-0.39, 0.29) is 12.5 Å². The van der Waals surface area contributed by atoms with Crippen molar-refractivity contribution < 1.29 is 14.6 Å². The van der Waals surface area contributed by atoms with Gasteiger partial charge in [-0.05, 0) is 58.5 Å². The number of hydrogen-bond donors (Lipinski definition) is 2. The molecule has 0 radical (unpaired) electrons. The van der Waals surface area contributed by atoms with Crippen molar-refractivity contribution in [2.24, 2.45) is 0 Å². The number of carbonyl (C=O) groups excluding carboxylic acids is 1. The molecule has 2 N–H and O–H groups in total. The number of rotatable bonds is 5. The van der Waals surface area contributed by atoms with Crippen LogP contribution in [-0.2, 0) is 4.74 Å². The highest BCUT2D eigenvalue weighted by Gasteiger charge is 2.29. The van der Waals surface area contributed by atoms with Gasteiger partial charge in [-0.25, -0.2) is 4.79 Å². The number of nitrogens with zero attached hydrogens (tertiary/aromatic N) is 1. The van der Waals surface area contributed by atoms with Crippen LogP contribution >= 0.6 is 0 Å². The van der Waals surface area contributed by atoms with Gasteiger partial charge in [-0.15, -0.1) is 0 Å². The zero-order chi connectivity index (χ0) is 22.8. The summed E-state index contributed by atoms with van der Waals surface area (Å²) in [7, 11) is 0. The SMILES string of the molecule is Cc1ccc(C(O)c2ccccn2)cc1NC(=O)OCC1c2ccccc2-c2ccccc21. The van der Waals surface area contributed by atoms with Gasteiger partial charge in [0.2, 0.25) is 0 Å². The monoisotopic (exact) mass is 436 g/mol. The van der Waals surface area contributed by atoms with Crippen molar-refractivity contribution in [2.75, 3.05) is 11.9 Å². The maximum atomic E-state index is 12.7. The lowest BCUT2D eigenvalue weighted by Gasteiger charge is -2.16. The van der Waals surface area contributed by atoms with Crippen molar-refractivity contribution in [2.45, 2.75) is 18.9 Å². The van der Waals surface area contributed by atoms with Crippen LogP contribution in [0.25, 0.3) is 11.1 Å². The number of aliphatic hydroxyl groups excluding tert-OH is 1. The van der Waals surface area contributed by atoms with E-state index in [1.807, 2.05) is 49.4 Å². The third-order valence-corrected chi connectivity index (χ3v) is 6.13. The van der Waals surface area contributed by atoms with Gasteiger partial charge in [0.15, 0.2) is 0 Å². The molecule has 1 aliphatic rings. The molecule has 0 aliphatic heterocycles. The van der Waals surface area contributed by atoms with E-state index in [0.717, 1.165) is 5.56 Å². The van der Waals surface area contributed by atoms with Gasteiger partial charge in [0.05, 0.1) is 5.69 Å². The lowest BCUT2D eigenvalue weighted by atomic mass is 9.98. The summed E-state index contributed by atoms with van der Waals surface area (Å²) in [6.07, 6.45) is 0.238. The third kappa shape index (κ3) is 4.11. The van der Waals surface area contributed by atoms with Crippen molar-refractivity contribution >= 4 is 11.8 Å². The normalized spacial score (nSPS) is 13.2. The molecule has 1 aromatic heterocycles. The van der Waals surface area contributed by atoms with Gasteiger partial charge in [-0.1, -0.05) is 66.7 Å². The highest BCUT2D eigenvalue weighted by Crippen LogP contribution is 2.44. The van der Waals surface area contributed by atoms with Crippen LogP contribution in [0.15, 0.2) is 91.1 Å². The van der Waals surface area contributed by atoms with E-state index in [1.54, 1.807) is 24.4 Å². The molecule has 33 heavy (non-hydrogen) atoms. The minimum absolute atomic E-state index is 0.00144. The molecule has 1 heterocycles. The summed E-state index contributed by atoms with van der Waals surface area (Å²) in [6, 6.07) is 27.3. The zero-order valence-corrected chi connectivity index (χ0v) is 18.2. The molecule has 0 bridgehead atoms. The molecule has 0 saturated heterocycles. The summed E-state index contributed by atoms with van der Waals surface area (Å²) in [4.78, 5) is 16.9. The smallest absolute Gasteiger partial charge is 0.411 e. The zero-order valence-electron chi connectivity index (χ0n) is 18.2. The molecule has 1 amide bonds. The van der Waals surface area contributed by atoms with Crippen LogP contribution in [0.5, 0.6) is 0 Å². The van der Waals surface area contributed by atoms with Crippen LogP contribution in [0.1, 0.15) is 40.0 Å². The maximum absolute atomic E-state index is 12.7. The number of aliphatic hydroxyl groups is 1. The van der Waals surface area contributed by atoms with Gasteiger partial charge in [-0.3, -0.25) is 10.3 Å². The number of amides is 1. The number of aromatic nitrogens is 1. The lowest BCUT2D eigenvalue weighted by Crippen LogP contribution is -2.18. The minimum Gasteiger partial charge on any atom is -0.448 e. The number of aryl methyl sites for hydroxylation is 1. The summed E-state index contributed by atoms with van der Waals surface area (Å²) in [6.45, 7) is 2.14. The molecule has 5 nitrogen and oxygen atoms in total. The second-order valence-electron chi connectivity index (χ2n) is 8.18. The molecule has 164 valence electrons. The Bertz CT molecular complexity index is 1260. The molecule has 5 rings (SSSR count). The number of pyridine rings is 1. The fourth-order valence-corrected chi connectivity index (χ4v) is 4.40. The van der Waals surface area contributed by atoms with E-state index in [9.17, 15) is 9.90 Å². The van der Waals surface area contributed by atoms with Gasteiger partial charge in [0, 0.05) is 17.8 Å². The van der Waals surface area contributed by atoms with Gasteiger partial charge in [0.25, 0.3) is 0 Å². The predicted octanol–water partition coefficient (Wildman–Crippen LogP) is 5.83. The minimum atomic E-state index is -0.880. The second-order valence-corrected chi connectivity index (χ2v) is 8.18. The van der Waals surface area contributed by atoms with Gasteiger partial charge in [-0.2, -0.15) is 0 Å². The molecular weight excluding hydrogens is 412 g/mol. The van der Waals surface area contributed by atoms with Crippen LogP contribution < -0.4 is 5.32 Å². The van der Waals surface area contributed by atoms with Crippen molar-refractivity contribution in [1.29, 1.82) is 0 Å². The Kier molecular flexibility index (Phi) is 5.63. The Labute approximate surface area is 192 Å². The van der Waals surface area contributed by atoms with E-state index in [0.29, 0.717) is 16.9 Å². The summed E-state index contributed by atoms with van der Waals surface area (Å²) < 4.78 is 5.66. The van der Waals surface area contributed by atoms with E-state index in [1.165, 1.54) is 22.3 Å². The first-order chi connectivity index (χ1) is 16.1. The first-order valence-corrected chi connectivity index (χ1v) is 10.9. The summed E-state index contributed by atoms with van der Waals surface area (Å²) in [5, 5.41) is 13.5. The Morgan fingerprint density at radius 1 is 0.970 bits per heavy atom. The Balaban J connectivity index is 1.30. The molecule has 4 aromatic rings. The molecule has 0 saturated carbocycles. The molecule has 0 spiro atoms. The number of hydrogen-bond acceptors (Lipinski definition) is 4. The highest BCUT2D eigenvalue weighted by molar-refractivity contribution is 5.86. The molecule has 5 heteroatoms. The van der Waals surface area contributed by atoms with Crippen molar-refractivity contribution in [3.8, 4) is 11.1 Å². The molecule has 1 unspecified atom stereocenters. The number of ether oxygens (including phenoxy) is 1. The number of fused-ring (bicyclic) bond motifs is 3. The van der Waals surface area contributed by atoms with Gasteiger partial charge in [0.1, 0.15) is 12.7 Å². The second kappa shape index (κ2) is 8.88. The Morgan fingerprint density at radius 2 is 1.64 bits per heavy atom. The fraction of sp³-hybridized carbons (Fsp3) is 0.143. The molecule has 3 aromatic carbocycles. The summed E-state index contributed by atoms with van der Waals surface area (Å²) in [5.41, 5.74) is 7.39. The topological polar surface area (TPSA) is 71.5 Å². The quantitative estimate of drug-likeness (QED) is 0.413. The van der Waals surface area contributed by atoms with E-state index >= 15 is 0 Å². The van der Waals surface area contributed by atoms with Gasteiger partial charge < -0.3 is 9.84 Å². The Hall–Kier alpha value is -3.96. The molecule has 1 aliphatic carbocycles. The first kappa shape index (κ1) is 20.9. The molecule has 1 atom stereocenters. The maximum Gasteiger partial charge on any atom is 0.411 e. The number of benzene rings is 3. The lowest BCUT2D eigenvalue weighted by molar-refractivity contribution is 0.158. The largest absolute Gasteiger partial charge is 0.448 e. The number of anilines is 1. The average molecular weight is 437 g/mol. The van der Waals surface area contributed by atoms with Crippen LogP contribution in [0.3, 0.4) is 0 Å². The Morgan fingerprint density at radius 3 is 2.30 bits per heavy atom. The van der Waals surface area contributed by atoms with Crippen LogP contribution in [-0.4, -0.2) is 22.8 Å². The summed E-state index contributed by atoms with van der Waals surface area (Å²) in [5.74, 6) is 0.00144. The van der Waals surface area contributed by atoms with Crippen LogP contribution in [0.2, 0.25) is 0 Å². The van der Waals surface area contributed by atoms with Gasteiger partial charge >= 0.3 is 6.09 Å². The fourth-order valence-electron chi connectivity index (χ4n) is 4.40. The van der Waals surface area contributed by atoms with Crippen molar-refractivity contribution in [1.82, 2.24) is 4.98 Å². The van der Waals surface area contributed by atoms with Crippen LogP contribution in [0.4, 0.5) is 10.5 Å². The highest BCUT2D eigenvalue weighted by atomic mass is 16.5. The average Bonchev–Trinajstić information content (AvgIpc) is 3.18. The first-order valence-electron chi connectivity index (χ1n) is 10.9. The number of nitrogens with one attached hydrogen (secondary N) is 1. The predicted molar refractivity (Wildman–Crippen MR) is 128 cm³/mol. The van der Waals surface area contributed by atoms with E-state index in [2.05, 4.69) is 34.6 Å². The van der Waals surface area contributed by atoms with Crippen LogP contribution in [0, 0.1) is 6.92 Å². The standard InChI is InChI=1S/C28H24N2O3/c1-18-13-14-19(27(31)25-12-6-7-15-29-25)16-26(18)30-28(32)33-17-24-22-10-4-2-8-20(22)21-9-3-5-11-23(21)24/h2-16,24,27,31H,17H2,1H3,(H,30,32).